The molecule has 0 unspecified atom stereocenters. The van der Waals surface area contributed by atoms with Crippen LogP contribution in [0.3, 0.4) is 0 Å². The number of aryl methyl sites for hydroxylation is 1. The van der Waals surface area contributed by atoms with Crippen LogP contribution in [0.1, 0.15) is 23.7 Å². The monoisotopic (exact) mass is 316 g/mol. The van der Waals surface area contributed by atoms with Gasteiger partial charge in [0, 0.05) is 22.4 Å². The van der Waals surface area contributed by atoms with E-state index in [2.05, 4.69) is 9.98 Å². The van der Waals surface area contributed by atoms with Crippen molar-refractivity contribution in [2.24, 2.45) is 4.99 Å². The van der Waals surface area contributed by atoms with Gasteiger partial charge in [-0.2, -0.15) is 0 Å². The third-order valence-electron chi connectivity index (χ3n) is 4.09. The van der Waals surface area contributed by atoms with Gasteiger partial charge < -0.3 is 9.52 Å². The smallest absolute Gasteiger partial charge is 0.310 e. The molecule has 0 amide bonds. The summed E-state index contributed by atoms with van der Waals surface area (Å²) >= 11 is 0. The third-order valence-corrected chi connectivity index (χ3v) is 4.09. The molecule has 0 spiro atoms. The lowest BCUT2D eigenvalue weighted by molar-refractivity contribution is 0.336. The second kappa shape index (κ2) is 5.49. The largest absolute Gasteiger partial charge is 0.479 e. The predicted octanol–water partition coefficient (Wildman–Crippen LogP) is 5.00. The molecule has 1 aliphatic rings. The molecule has 0 saturated carbocycles. The molecule has 1 aromatic heterocycles. The number of rotatable bonds is 2. The van der Waals surface area contributed by atoms with Gasteiger partial charge in [-0.3, -0.25) is 4.99 Å². The molecular weight excluding hydrogens is 300 g/mol. The normalized spacial score (nSPS) is 14.8. The predicted molar refractivity (Wildman–Crippen MR) is 95.4 cm³/mol. The standard InChI is InChI=1S/C20H16N2O2/c1-12-7-9-14(10-8-12)19-22-18(20(23)24-19)11-16-13(2)21-17-6-4-3-5-15(16)17/h3-11,23H,1-2H3. The first-order chi connectivity index (χ1) is 11.6. The van der Waals surface area contributed by atoms with Gasteiger partial charge in [-0.15, -0.1) is 0 Å². The second-order valence-electron chi connectivity index (χ2n) is 5.85. The Morgan fingerprint density at radius 3 is 2.54 bits per heavy atom. The summed E-state index contributed by atoms with van der Waals surface area (Å²) in [5, 5.41) is 10.1. The highest BCUT2D eigenvalue weighted by Crippen LogP contribution is 2.37. The number of para-hydroxylation sites is 1. The van der Waals surface area contributed by atoms with E-state index in [0.717, 1.165) is 33.7 Å². The van der Waals surface area contributed by atoms with Crippen LogP contribution in [0.2, 0.25) is 0 Å². The highest BCUT2D eigenvalue weighted by Gasteiger charge is 2.19. The van der Waals surface area contributed by atoms with Crippen molar-refractivity contribution in [3.05, 3.63) is 65.4 Å². The maximum Gasteiger partial charge on any atom is 0.310 e. The topological polar surface area (TPSA) is 58.6 Å². The lowest BCUT2D eigenvalue weighted by Gasteiger charge is -1.99. The molecule has 4 heteroatoms. The molecule has 0 radical (unpaired) electrons. The Morgan fingerprint density at radius 2 is 1.75 bits per heavy atom. The third kappa shape index (κ3) is 2.42. The lowest BCUT2D eigenvalue weighted by Crippen LogP contribution is -1.90. The fourth-order valence-corrected chi connectivity index (χ4v) is 2.79. The Hall–Kier alpha value is -3.14. The number of hydrogen-bond acceptors (Lipinski definition) is 4. The van der Waals surface area contributed by atoms with E-state index in [1.54, 1.807) is 0 Å². The van der Waals surface area contributed by atoms with Crippen LogP contribution in [0.5, 0.6) is 5.95 Å². The van der Waals surface area contributed by atoms with E-state index < -0.39 is 0 Å². The number of oxazole rings is 1. The summed E-state index contributed by atoms with van der Waals surface area (Å²) in [6, 6.07) is 15.7. The maximum absolute atomic E-state index is 10.1. The SMILES string of the molecule is CC1=Nc2ccccc2C1=Cc1nc(-c2ccc(C)cc2)oc1O. The zero-order valence-electron chi connectivity index (χ0n) is 13.4. The van der Waals surface area contributed by atoms with Crippen molar-refractivity contribution in [1.29, 1.82) is 0 Å². The number of aromatic nitrogens is 1. The molecular formula is C20H16N2O2. The van der Waals surface area contributed by atoms with Crippen molar-refractivity contribution in [2.45, 2.75) is 13.8 Å². The van der Waals surface area contributed by atoms with Crippen molar-refractivity contribution < 1.29 is 9.52 Å². The summed E-state index contributed by atoms with van der Waals surface area (Å²) in [5.74, 6) is 0.218. The molecule has 1 aliphatic heterocycles. The summed E-state index contributed by atoms with van der Waals surface area (Å²) in [7, 11) is 0. The molecule has 2 aromatic carbocycles. The van der Waals surface area contributed by atoms with Gasteiger partial charge in [0.05, 0.1) is 5.69 Å². The Morgan fingerprint density at radius 1 is 1.00 bits per heavy atom. The first-order valence-electron chi connectivity index (χ1n) is 7.75. The summed E-state index contributed by atoms with van der Waals surface area (Å²) in [5.41, 5.74) is 6.22. The molecule has 2 heterocycles. The van der Waals surface area contributed by atoms with Gasteiger partial charge in [0.2, 0.25) is 5.89 Å². The van der Waals surface area contributed by atoms with Gasteiger partial charge in [0.15, 0.2) is 0 Å². The first kappa shape index (κ1) is 14.5. The van der Waals surface area contributed by atoms with E-state index in [9.17, 15) is 5.11 Å². The van der Waals surface area contributed by atoms with E-state index in [0.29, 0.717) is 11.6 Å². The number of fused-ring (bicyclic) bond motifs is 1. The highest BCUT2D eigenvalue weighted by atomic mass is 16.5. The second-order valence-corrected chi connectivity index (χ2v) is 5.85. The van der Waals surface area contributed by atoms with Gasteiger partial charge in [-0.05, 0) is 38.1 Å². The Balaban J connectivity index is 1.76. The van der Waals surface area contributed by atoms with Crippen LogP contribution in [0.25, 0.3) is 23.1 Å². The van der Waals surface area contributed by atoms with E-state index in [1.165, 1.54) is 0 Å². The molecule has 0 saturated heterocycles. The van der Waals surface area contributed by atoms with Crippen LogP contribution in [-0.2, 0) is 0 Å². The molecule has 0 bridgehead atoms. The minimum absolute atomic E-state index is 0.185. The van der Waals surface area contributed by atoms with Crippen LogP contribution in [0, 0.1) is 6.92 Å². The van der Waals surface area contributed by atoms with Crippen molar-refractivity contribution in [3.63, 3.8) is 0 Å². The number of allylic oxidation sites excluding steroid dienone is 1. The Bertz CT molecular complexity index is 979. The maximum atomic E-state index is 10.1. The van der Waals surface area contributed by atoms with Crippen molar-refractivity contribution >= 4 is 23.0 Å². The van der Waals surface area contributed by atoms with Crippen LogP contribution >= 0.6 is 0 Å². The number of nitrogens with zero attached hydrogens (tertiary/aromatic N) is 2. The van der Waals surface area contributed by atoms with Crippen molar-refractivity contribution in [3.8, 4) is 17.4 Å². The number of aliphatic imine (C=N–C) groups is 1. The van der Waals surface area contributed by atoms with Crippen molar-refractivity contribution in [1.82, 2.24) is 4.98 Å². The van der Waals surface area contributed by atoms with Crippen LogP contribution in [0.4, 0.5) is 5.69 Å². The van der Waals surface area contributed by atoms with Crippen LogP contribution in [0.15, 0.2) is 57.9 Å². The average molecular weight is 316 g/mol. The Labute approximate surface area is 139 Å². The highest BCUT2D eigenvalue weighted by molar-refractivity contribution is 6.31. The molecule has 4 nitrogen and oxygen atoms in total. The van der Waals surface area contributed by atoms with Gasteiger partial charge in [0.25, 0.3) is 0 Å². The fraction of sp³-hybridized carbons (Fsp3) is 0.100. The first-order valence-corrected chi connectivity index (χ1v) is 7.75. The Kier molecular flexibility index (Phi) is 3.31. The lowest BCUT2D eigenvalue weighted by atomic mass is 10.0. The average Bonchev–Trinajstić information content (AvgIpc) is 3.09. The zero-order chi connectivity index (χ0) is 16.7. The van der Waals surface area contributed by atoms with Gasteiger partial charge in [-0.1, -0.05) is 35.9 Å². The quantitative estimate of drug-likeness (QED) is 0.723. The fourth-order valence-electron chi connectivity index (χ4n) is 2.79. The summed E-state index contributed by atoms with van der Waals surface area (Å²) in [4.78, 5) is 8.97. The molecule has 24 heavy (non-hydrogen) atoms. The number of aromatic hydroxyl groups is 1. The summed E-state index contributed by atoms with van der Waals surface area (Å²) in [6.45, 7) is 3.97. The van der Waals surface area contributed by atoms with Crippen molar-refractivity contribution in [2.75, 3.05) is 0 Å². The minimum atomic E-state index is -0.185. The number of benzene rings is 2. The molecule has 4 rings (SSSR count). The van der Waals surface area contributed by atoms with E-state index >= 15 is 0 Å². The molecule has 0 fully saturated rings. The van der Waals surface area contributed by atoms with E-state index in [1.807, 2.05) is 68.5 Å². The molecule has 0 aliphatic carbocycles. The zero-order valence-corrected chi connectivity index (χ0v) is 13.4. The summed E-state index contributed by atoms with van der Waals surface area (Å²) < 4.78 is 5.43. The molecule has 118 valence electrons. The van der Waals surface area contributed by atoms with Gasteiger partial charge in [-0.25, -0.2) is 4.98 Å². The van der Waals surface area contributed by atoms with E-state index in [-0.39, 0.29) is 5.95 Å². The number of hydrogen-bond donors (Lipinski definition) is 1. The van der Waals surface area contributed by atoms with Crippen LogP contribution in [-0.4, -0.2) is 15.8 Å². The van der Waals surface area contributed by atoms with Gasteiger partial charge >= 0.3 is 5.95 Å². The summed E-state index contributed by atoms with van der Waals surface area (Å²) in [6.07, 6.45) is 1.82. The minimum Gasteiger partial charge on any atom is -0.479 e. The molecule has 1 N–H and O–H groups in total. The van der Waals surface area contributed by atoms with Gasteiger partial charge in [0.1, 0.15) is 5.69 Å². The molecule has 0 atom stereocenters. The van der Waals surface area contributed by atoms with E-state index in [4.69, 9.17) is 4.42 Å². The van der Waals surface area contributed by atoms with Crippen LogP contribution < -0.4 is 0 Å². The molecule has 3 aromatic rings.